The van der Waals surface area contributed by atoms with Gasteiger partial charge in [0, 0.05) is 13.1 Å². The van der Waals surface area contributed by atoms with E-state index in [9.17, 15) is 13.6 Å². The van der Waals surface area contributed by atoms with Crippen LogP contribution in [0.4, 0.5) is 8.78 Å². The number of carbonyl (C=O) groups is 1. The van der Waals surface area contributed by atoms with Crippen molar-refractivity contribution in [3.05, 3.63) is 0 Å². The van der Waals surface area contributed by atoms with Crippen LogP contribution in [0.3, 0.4) is 0 Å². The zero-order valence-corrected chi connectivity index (χ0v) is 10.1. The van der Waals surface area contributed by atoms with E-state index in [0.29, 0.717) is 19.4 Å². The van der Waals surface area contributed by atoms with Crippen LogP contribution in [0.25, 0.3) is 0 Å². The van der Waals surface area contributed by atoms with Crippen molar-refractivity contribution >= 4 is 5.91 Å². The summed E-state index contributed by atoms with van der Waals surface area (Å²) in [7, 11) is 0. The lowest BCUT2D eigenvalue weighted by atomic mass is 9.82. The fraction of sp³-hybridized carbons (Fsp3) is 0.909. The summed E-state index contributed by atoms with van der Waals surface area (Å²) in [6.45, 7) is 2.26. The van der Waals surface area contributed by atoms with Crippen molar-refractivity contribution in [1.29, 1.82) is 0 Å². The minimum absolute atomic E-state index is 0.0229. The number of hydrogen-bond donors (Lipinski definition) is 2. The van der Waals surface area contributed by atoms with Crippen molar-refractivity contribution in [2.45, 2.75) is 26.2 Å². The Morgan fingerprint density at radius 2 is 2.29 bits per heavy atom. The van der Waals surface area contributed by atoms with Gasteiger partial charge in [0.15, 0.2) is 0 Å². The molecule has 0 bridgehead atoms. The molecule has 1 rings (SSSR count). The van der Waals surface area contributed by atoms with E-state index in [1.54, 1.807) is 0 Å². The first kappa shape index (κ1) is 14.3. The van der Waals surface area contributed by atoms with Crippen LogP contribution in [0.5, 0.6) is 0 Å². The quantitative estimate of drug-likeness (QED) is 0.720. The molecular weight excluding hydrogens is 230 g/mol. The number of aliphatic hydroxyl groups is 1. The third-order valence-electron chi connectivity index (χ3n) is 3.39. The third-order valence-corrected chi connectivity index (χ3v) is 3.39. The summed E-state index contributed by atoms with van der Waals surface area (Å²) < 4.78 is 24.8. The maximum Gasteiger partial charge on any atom is 0.255 e. The summed E-state index contributed by atoms with van der Waals surface area (Å²) in [6, 6.07) is 0. The molecule has 1 unspecified atom stereocenters. The van der Waals surface area contributed by atoms with Crippen molar-refractivity contribution in [3.8, 4) is 0 Å². The van der Waals surface area contributed by atoms with Crippen LogP contribution in [0.1, 0.15) is 19.8 Å². The molecule has 1 aliphatic rings. The van der Waals surface area contributed by atoms with Gasteiger partial charge in [-0.1, -0.05) is 6.92 Å². The molecule has 1 saturated heterocycles. The first-order chi connectivity index (χ1) is 8.05. The molecule has 4 nitrogen and oxygen atoms in total. The Kier molecular flexibility index (Phi) is 5.27. The van der Waals surface area contributed by atoms with Crippen molar-refractivity contribution < 1.29 is 18.7 Å². The number of rotatable bonds is 6. The average molecular weight is 250 g/mol. The van der Waals surface area contributed by atoms with Gasteiger partial charge in [0.05, 0.1) is 18.6 Å². The first-order valence-electron chi connectivity index (χ1n) is 5.95. The Bertz CT molecular complexity index is 256. The normalized spacial score (nSPS) is 24.3. The maximum atomic E-state index is 12.4. The molecule has 0 aromatic rings. The number of aliphatic hydroxyl groups excluding tert-OH is 1. The standard InChI is InChI=1S/C11H20F2N2O2/c1-2-11(3-4-14-8-11)10(17)15(5-6-16)7-9(12)13/h9,14,16H,2-8H2,1H3. The van der Waals surface area contributed by atoms with Gasteiger partial charge < -0.3 is 15.3 Å². The Morgan fingerprint density at radius 3 is 2.71 bits per heavy atom. The molecular formula is C11H20F2N2O2. The molecule has 1 fully saturated rings. The van der Waals surface area contributed by atoms with Crippen LogP contribution >= 0.6 is 0 Å². The Hall–Kier alpha value is -0.750. The van der Waals surface area contributed by atoms with Crippen LogP contribution < -0.4 is 5.32 Å². The third kappa shape index (κ3) is 3.35. The fourth-order valence-corrected chi connectivity index (χ4v) is 2.28. The van der Waals surface area contributed by atoms with Crippen molar-refractivity contribution in [2.75, 3.05) is 32.8 Å². The summed E-state index contributed by atoms with van der Waals surface area (Å²) in [5.74, 6) is -0.264. The lowest BCUT2D eigenvalue weighted by molar-refractivity contribution is -0.144. The highest BCUT2D eigenvalue weighted by molar-refractivity contribution is 5.83. The van der Waals surface area contributed by atoms with Crippen molar-refractivity contribution in [3.63, 3.8) is 0 Å². The molecule has 0 saturated carbocycles. The number of alkyl halides is 2. The number of halogens is 2. The molecule has 17 heavy (non-hydrogen) atoms. The van der Waals surface area contributed by atoms with Crippen LogP contribution in [0.2, 0.25) is 0 Å². The summed E-state index contributed by atoms with van der Waals surface area (Å²) in [5.41, 5.74) is -0.565. The van der Waals surface area contributed by atoms with Crippen molar-refractivity contribution in [2.24, 2.45) is 5.41 Å². The molecule has 1 aliphatic heterocycles. The Morgan fingerprint density at radius 1 is 1.59 bits per heavy atom. The summed E-state index contributed by atoms with van der Waals surface area (Å²) in [5, 5.41) is 11.9. The van der Waals surface area contributed by atoms with Gasteiger partial charge in [-0.05, 0) is 19.4 Å². The summed E-state index contributed by atoms with van der Waals surface area (Å²) in [4.78, 5) is 13.3. The Balaban J connectivity index is 2.74. The Labute approximate surface area is 100.0 Å². The van der Waals surface area contributed by atoms with E-state index in [4.69, 9.17) is 5.11 Å². The van der Waals surface area contributed by atoms with Gasteiger partial charge in [-0.3, -0.25) is 4.79 Å². The number of carbonyl (C=O) groups excluding carboxylic acids is 1. The second-order valence-corrected chi connectivity index (χ2v) is 4.43. The van der Waals surface area contributed by atoms with Crippen LogP contribution in [-0.2, 0) is 4.79 Å². The number of nitrogens with zero attached hydrogens (tertiary/aromatic N) is 1. The molecule has 0 aromatic carbocycles. The van der Waals surface area contributed by atoms with Gasteiger partial charge in [-0.2, -0.15) is 0 Å². The number of amides is 1. The highest BCUT2D eigenvalue weighted by Crippen LogP contribution is 2.31. The SMILES string of the molecule is CCC1(C(=O)N(CCO)CC(F)F)CCNC1. The maximum absolute atomic E-state index is 12.4. The second-order valence-electron chi connectivity index (χ2n) is 4.43. The van der Waals surface area contributed by atoms with E-state index in [-0.39, 0.29) is 19.1 Å². The molecule has 0 spiro atoms. The predicted octanol–water partition coefficient (Wildman–Crippen LogP) is 0.462. The lowest BCUT2D eigenvalue weighted by Gasteiger charge is -2.32. The molecule has 100 valence electrons. The smallest absolute Gasteiger partial charge is 0.255 e. The number of hydrogen-bond acceptors (Lipinski definition) is 3. The fourth-order valence-electron chi connectivity index (χ4n) is 2.28. The molecule has 0 aromatic heterocycles. The summed E-state index contributed by atoms with van der Waals surface area (Å²) in [6.07, 6.45) is -1.26. The van der Waals surface area contributed by atoms with Gasteiger partial charge in [-0.25, -0.2) is 8.78 Å². The van der Waals surface area contributed by atoms with Crippen LogP contribution in [0, 0.1) is 5.41 Å². The topological polar surface area (TPSA) is 52.6 Å². The monoisotopic (exact) mass is 250 g/mol. The second kappa shape index (κ2) is 6.26. The van der Waals surface area contributed by atoms with E-state index in [1.165, 1.54) is 0 Å². The average Bonchev–Trinajstić information content (AvgIpc) is 2.76. The van der Waals surface area contributed by atoms with E-state index in [1.807, 2.05) is 6.92 Å². The molecule has 1 amide bonds. The predicted molar refractivity (Wildman–Crippen MR) is 59.9 cm³/mol. The van der Waals surface area contributed by atoms with Crippen LogP contribution in [-0.4, -0.2) is 55.1 Å². The van der Waals surface area contributed by atoms with Gasteiger partial charge in [-0.15, -0.1) is 0 Å². The minimum Gasteiger partial charge on any atom is -0.395 e. The van der Waals surface area contributed by atoms with E-state index < -0.39 is 18.4 Å². The van der Waals surface area contributed by atoms with Gasteiger partial charge in [0.2, 0.25) is 5.91 Å². The highest BCUT2D eigenvalue weighted by atomic mass is 19.3. The molecule has 1 atom stereocenters. The zero-order chi connectivity index (χ0) is 12.9. The highest BCUT2D eigenvalue weighted by Gasteiger charge is 2.42. The van der Waals surface area contributed by atoms with Gasteiger partial charge >= 0.3 is 0 Å². The minimum atomic E-state index is -2.56. The molecule has 1 heterocycles. The van der Waals surface area contributed by atoms with Crippen molar-refractivity contribution in [1.82, 2.24) is 10.2 Å². The zero-order valence-electron chi connectivity index (χ0n) is 10.1. The largest absolute Gasteiger partial charge is 0.395 e. The lowest BCUT2D eigenvalue weighted by Crippen LogP contribution is -2.47. The van der Waals surface area contributed by atoms with E-state index >= 15 is 0 Å². The van der Waals surface area contributed by atoms with Gasteiger partial charge in [0.1, 0.15) is 0 Å². The number of nitrogens with one attached hydrogen (secondary N) is 1. The van der Waals surface area contributed by atoms with E-state index in [2.05, 4.69) is 5.32 Å². The molecule has 2 N–H and O–H groups in total. The molecule has 0 radical (unpaired) electrons. The molecule has 6 heteroatoms. The van der Waals surface area contributed by atoms with Crippen LogP contribution in [0.15, 0.2) is 0 Å². The van der Waals surface area contributed by atoms with E-state index in [0.717, 1.165) is 11.4 Å². The molecule has 0 aliphatic carbocycles. The first-order valence-corrected chi connectivity index (χ1v) is 5.95. The van der Waals surface area contributed by atoms with Gasteiger partial charge in [0.25, 0.3) is 6.43 Å². The summed E-state index contributed by atoms with van der Waals surface area (Å²) >= 11 is 0.